The molecular weight excluding hydrogens is 184 g/mol. The molecule has 15 heavy (non-hydrogen) atoms. The van der Waals surface area contributed by atoms with E-state index in [0.29, 0.717) is 0 Å². The van der Waals surface area contributed by atoms with E-state index in [0.717, 1.165) is 24.5 Å². The molecule has 1 atom stereocenters. The zero-order chi connectivity index (χ0) is 10.7. The number of nitrogens with one attached hydrogen (secondary N) is 1. The lowest BCUT2D eigenvalue weighted by Gasteiger charge is -2.33. The SMILES string of the molecule is C=CCN1CCC(NC(C)C2CC2)CC1. The highest BCUT2D eigenvalue weighted by atomic mass is 15.1. The van der Waals surface area contributed by atoms with Crippen LogP contribution < -0.4 is 5.32 Å². The Balaban J connectivity index is 1.66. The van der Waals surface area contributed by atoms with E-state index in [4.69, 9.17) is 0 Å². The minimum atomic E-state index is 0.751. The van der Waals surface area contributed by atoms with Gasteiger partial charge in [-0.1, -0.05) is 6.08 Å². The van der Waals surface area contributed by atoms with Crippen molar-refractivity contribution in [2.45, 2.75) is 44.7 Å². The Hall–Kier alpha value is -0.340. The molecule has 1 unspecified atom stereocenters. The van der Waals surface area contributed by atoms with Gasteiger partial charge in [-0.3, -0.25) is 4.90 Å². The molecule has 1 heterocycles. The first-order valence-electron chi connectivity index (χ1n) is 6.39. The fourth-order valence-corrected chi connectivity index (χ4v) is 2.57. The Labute approximate surface area is 93.7 Å². The molecule has 0 aromatic rings. The van der Waals surface area contributed by atoms with Crippen LogP contribution >= 0.6 is 0 Å². The highest BCUT2D eigenvalue weighted by molar-refractivity contribution is 4.88. The van der Waals surface area contributed by atoms with Gasteiger partial charge in [0.05, 0.1) is 0 Å². The summed E-state index contributed by atoms with van der Waals surface area (Å²) in [6.07, 6.45) is 7.53. The molecule has 86 valence electrons. The van der Waals surface area contributed by atoms with Crippen LogP contribution in [0.2, 0.25) is 0 Å². The number of nitrogens with zero attached hydrogens (tertiary/aromatic N) is 1. The van der Waals surface area contributed by atoms with Crippen LogP contribution in [-0.4, -0.2) is 36.6 Å². The molecule has 0 aromatic heterocycles. The summed E-state index contributed by atoms with van der Waals surface area (Å²) in [7, 11) is 0. The van der Waals surface area contributed by atoms with Gasteiger partial charge in [0.1, 0.15) is 0 Å². The molecule has 2 nitrogen and oxygen atoms in total. The third-order valence-electron chi connectivity index (χ3n) is 3.80. The molecule has 2 heteroatoms. The maximum absolute atomic E-state index is 3.80. The zero-order valence-corrected chi connectivity index (χ0v) is 9.91. The van der Waals surface area contributed by atoms with Gasteiger partial charge in [0, 0.05) is 18.6 Å². The Bertz CT molecular complexity index is 203. The Morgan fingerprint density at radius 2 is 2.00 bits per heavy atom. The van der Waals surface area contributed by atoms with Crippen molar-refractivity contribution >= 4 is 0 Å². The number of rotatable bonds is 5. The fraction of sp³-hybridized carbons (Fsp3) is 0.846. The number of likely N-dealkylation sites (tertiary alicyclic amines) is 1. The molecule has 2 fully saturated rings. The number of piperidine rings is 1. The Kier molecular flexibility index (Phi) is 3.81. The minimum Gasteiger partial charge on any atom is -0.311 e. The van der Waals surface area contributed by atoms with E-state index >= 15 is 0 Å². The molecule has 1 saturated heterocycles. The standard InChI is InChI=1S/C13H24N2/c1-3-8-15-9-6-13(7-10-15)14-11(2)12-4-5-12/h3,11-14H,1,4-10H2,2H3. The number of hydrogen-bond donors (Lipinski definition) is 1. The molecule has 2 rings (SSSR count). The molecular formula is C13H24N2. The van der Waals surface area contributed by atoms with Crippen molar-refractivity contribution in [3.8, 4) is 0 Å². The predicted octanol–water partition coefficient (Wildman–Crippen LogP) is 2.02. The van der Waals surface area contributed by atoms with Crippen molar-refractivity contribution in [1.29, 1.82) is 0 Å². The molecule has 0 bridgehead atoms. The van der Waals surface area contributed by atoms with Gasteiger partial charge in [0.25, 0.3) is 0 Å². The van der Waals surface area contributed by atoms with Crippen LogP contribution in [0.3, 0.4) is 0 Å². The van der Waals surface area contributed by atoms with Gasteiger partial charge in [0.15, 0.2) is 0 Å². The van der Waals surface area contributed by atoms with E-state index in [-0.39, 0.29) is 0 Å². The van der Waals surface area contributed by atoms with E-state index in [1.807, 2.05) is 6.08 Å². The van der Waals surface area contributed by atoms with Gasteiger partial charge in [-0.15, -0.1) is 6.58 Å². The van der Waals surface area contributed by atoms with E-state index in [1.54, 1.807) is 0 Å². The molecule has 0 radical (unpaired) electrons. The molecule has 1 saturated carbocycles. The molecule has 1 aliphatic carbocycles. The fourth-order valence-electron chi connectivity index (χ4n) is 2.57. The van der Waals surface area contributed by atoms with Crippen LogP contribution in [0.1, 0.15) is 32.6 Å². The summed E-state index contributed by atoms with van der Waals surface area (Å²) in [5.74, 6) is 0.983. The van der Waals surface area contributed by atoms with Crippen LogP contribution in [0.15, 0.2) is 12.7 Å². The smallest absolute Gasteiger partial charge is 0.0160 e. The van der Waals surface area contributed by atoms with Crippen molar-refractivity contribution in [2.24, 2.45) is 5.92 Å². The van der Waals surface area contributed by atoms with Gasteiger partial charge >= 0.3 is 0 Å². The largest absolute Gasteiger partial charge is 0.311 e. The van der Waals surface area contributed by atoms with Crippen molar-refractivity contribution < 1.29 is 0 Å². The third kappa shape index (κ3) is 3.32. The molecule has 2 aliphatic rings. The lowest BCUT2D eigenvalue weighted by Crippen LogP contribution is -2.45. The van der Waals surface area contributed by atoms with Crippen molar-refractivity contribution in [3.05, 3.63) is 12.7 Å². The van der Waals surface area contributed by atoms with Crippen LogP contribution in [0, 0.1) is 5.92 Å². The monoisotopic (exact) mass is 208 g/mol. The first-order valence-corrected chi connectivity index (χ1v) is 6.39. The molecule has 0 aromatic carbocycles. The van der Waals surface area contributed by atoms with Gasteiger partial charge in [0.2, 0.25) is 0 Å². The number of hydrogen-bond acceptors (Lipinski definition) is 2. The summed E-state index contributed by atoms with van der Waals surface area (Å²) < 4.78 is 0. The summed E-state index contributed by atoms with van der Waals surface area (Å²) in [5.41, 5.74) is 0. The third-order valence-corrected chi connectivity index (χ3v) is 3.80. The summed E-state index contributed by atoms with van der Waals surface area (Å²) in [5, 5.41) is 3.79. The topological polar surface area (TPSA) is 15.3 Å². The van der Waals surface area contributed by atoms with Crippen molar-refractivity contribution in [2.75, 3.05) is 19.6 Å². The second kappa shape index (κ2) is 5.13. The van der Waals surface area contributed by atoms with Crippen LogP contribution in [0.5, 0.6) is 0 Å². The maximum Gasteiger partial charge on any atom is 0.0160 e. The second-order valence-electron chi connectivity index (χ2n) is 5.16. The van der Waals surface area contributed by atoms with E-state index in [1.165, 1.54) is 38.8 Å². The zero-order valence-electron chi connectivity index (χ0n) is 9.91. The van der Waals surface area contributed by atoms with Crippen LogP contribution in [0.25, 0.3) is 0 Å². The van der Waals surface area contributed by atoms with Gasteiger partial charge in [-0.2, -0.15) is 0 Å². The highest BCUT2D eigenvalue weighted by Crippen LogP contribution is 2.32. The first-order chi connectivity index (χ1) is 7.29. The lowest BCUT2D eigenvalue weighted by molar-refractivity contribution is 0.205. The summed E-state index contributed by atoms with van der Waals surface area (Å²) in [6.45, 7) is 9.69. The second-order valence-corrected chi connectivity index (χ2v) is 5.16. The maximum atomic E-state index is 3.80. The van der Waals surface area contributed by atoms with Gasteiger partial charge in [-0.25, -0.2) is 0 Å². The van der Waals surface area contributed by atoms with Gasteiger partial charge < -0.3 is 5.32 Å². The summed E-state index contributed by atoms with van der Waals surface area (Å²) in [4.78, 5) is 2.49. The summed E-state index contributed by atoms with van der Waals surface area (Å²) in [6, 6.07) is 1.52. The van der Waals surface area contributed by atoms with Crippen LogP contribution in [-0.2, 0) is 0 Å². The molecule has 0 amide bonds. The summed E-state index contributed by atoms with van der Waals surface area (Å²) >= 11 is 0. The molecule has 1 aliphatic heterocycles. The average Bonchev–Trinajstić information content (AvgIpc) is 3.04. The Morgan fingerprint density at radius 3 is 2.53 bits per heavy atom. The van der Waals surface area contributed by atoms with Crippen LogP contribution in [0.4, 0.5) is 0 Å². The lowest BCUT2D eigenvalue weighted by atomic mass is 10.0. The Morgan fingerprint density at radius 1 is 1.33 bits per heavy atom. The highest BCUT2D eigenvalue weighted by Gasteiger charge is 2.30. The van der Waals surface area contributed by atoms with E-state index in [9.17, 15) is 0 Å². The van der Waals surface area contributed by atoms with Crippen molar-refractivity contribution in [1.82, 2.24) is 10.2 Å². The van der Waals surface area contributed by atoms with E-state index < -0.39 is 0 Å². The molecule has 1 N–H and O–H groups in total. The van der Waals surface area contributed by atoms with E-state index in [2.05, 4.69) is 23.7 Å². The molecule has 0 spiro atoms. The normalized spacial score (nSPS) is 26.5. The van der Waals surface area contributed by atoms with Gasteiger partial charge in [-0.05, 0) is 51.6 Å². The first kappa shape index (κ1) is 11.2. The quantitative estimate of drug-likeness (QED) is 0.695. The average molecular weight is 208 g/mol. The van der Waals surface area contributed by atoms with Crippen molar-refractivity contribution in [3.63, 3.8) is 0 Å². The minimum absolute atomic E-state index is 0.751. The predicted molar refractivity (Wildman–Crippen MR) is 65.0 cm³/mol.